The minimum Gasteiger partial charge on any atom is -0.497 e. The number of aromatic amines is 1. The summed E-state index contributed by atoms with van der Waals surface area (Å²) in [6.45, 7) is 3.60. The molecule has 184 valence electrons. The number of para-hydroxylation sites is 1. The summed E-state index contributed by atoms with van der Waals surface area (Å²) in [7, 11) is 1.68. The van der Waals surface area contributed by atoms with Crippen molar-refractivity contribution >= 4 is 22.6 Å². The van der Waals surface area contributed by atoms with Crippen molar-refractivity contribution < 1.29 is 9.53 Å². The van der Waals surface area contributed by atoms with Gasteiger partial charge in [-0.3, -0.25) is 10.2 Å². The van der Waals surface area contributed by atoms with Gasteiger partial charge in [0.25, 0.3) is 0 Å². The molecule has 0 saturated carbocycles. The van der Waals surface area contributed by atoms with Crippen molar-refractivity contribution in [3.8, 4) is 5.75 Å². The number of hydrazone groups is 1. The van der Waals surface area contributed by atoms with E-state index in [9.17, 15) is 4.79 Å². The summed E-state index contributed by atoms with van der Waals surface area (Å²) in [5.74, 6) is 1.74. The van der Waals surface area contributed by atoms with Crippen LogP contribution in [0.15, 0.2) is 59.8 Å². The van der Waals surface area contributed by atoms with E-state index in [2.05, 4.69) is 68.5 Å². The van der Waals surface area contributed by atoms with Crippen molar-refractivity contribution in [1.82, 2.24) is 25.9 Å². The predicted molar refractivity (Wildman–Crippen MR) is 138 cm³/mol. The van der Waals surface area contributed by atoms with Crippen LogP contribution < -0.4 is 20.8 Å². The topological polar surface area (TPSA) is 93.8 Å². The highest BCUT2D eigenvalue weighted by atomic mass is 16.5. The molecule has 8 nitrogen and oxygen atoms in total. The summed E-state index contributed by atoms with van der Waals surface area (Å²) >= 11 is 0. The van der Waals surface area contributed by atoms with Crippen molar-refractivity contribution in [1.29, 1.82) is 0 Å². The van der Waals surface area contributed by atoms with Crippen molar-refractivity contribution in [3.63, 3.8) is 0 Å². The first-order valence-electron chi connectivity index (χ1n) is 12.4. The molecule has 0 aliphatic carbocycles. The van der Waals surface area contributed by atoms with Crippen LogP contribution in [0.2, 0.25) is 0 Å². The van der Waals surface area contributed by atoms with Gasteiger partial charge in [0.05, 0.1) is 19.2 Å². The second-order valence-corrected chi connectivity index (χ2v) is 9.37. The summed E-state index contributed by atoms with van der Waals surface area (Å²) in [6, 6.07) is 16.2. The first-order chi connectivity index (χ1) is 17.1. The SMILES string of the molecule is COc1ccc(CN2C([C@@H](C)NC(=O)C3CCCN3)=NNC2CCc2c[nH]c3ccccc23)cc1. The lowest BCUT2D eigenvalue weighted by Crippen LogP contribution is -2.51. The lowest BCUT2D eigenvalue weighted by atomic mass is 10.1. The van der Waals surface area contributed by atoms with Gasteiger partial charge < -0.3 is 25.3 Å². The molecule has 1 fully saturated rings. The molecule has 2 aliphatic rings. The Morgan fingerprint density at radius 1 is 1.23 bits per heavy atom. The molecule has 1 aromatic heterocycles. The Hall–Kier alpha value is -3.52. The Balaban J connectivity index is 1.31. The summed E-state index contributed by atoms with van der Waals surface area (Å²) < 4.78 is 5.32. The van der Waals surface area contributed by atoms with Crippen molar-refractivity contribution in [3.05, 3.63) is 65.9 Å². The highest BCUT2D eigenvalue weighted by Gasteiger charge is 2.33. The molecule has 3 atom stereocenters. The monoisotopic (exact) mass is 474 g/mol. The van der Waals surface area contributed by atoms with E-state index in [-0.39, 0.29) is 24.2 Å². The van der Waals surface area contributed by atoms with Crippen LogP contribution in [0, 0.1) is 0 Å². The normalized spacial score (nSPS) is 20.5. The van der Waals surface area contributed by atoms with E-state index in [4.69, 9.17) is 9.84 Å². The van der Waals surface area contributed by atoms with Gasteiger partial charge in [0, 0.05) is 23.6 Å². The first-order valence-corrected chi connectivity index (χ1v) is 12.4. The molecular formula is C27H34N6O2. The molecule has 1 saturated heterocycles. The molecule has 5 rings (SSSR count). The standard InChI is InChI=1S/C27H34N6O2/c1-18(30-27(34)24-8-5-15-28-24)26-32-31-25(33(26)17-19-9-12-21(35-2)13-10-19)14-11-20-16-29-23-7-4-3-6-22(20)23/h3-4,6-7,9-10,12-13,16,18,24-25,28-29,31H,5,8,11,14-15,17H2,1-2H3,(H,30,34)/t18-,24?,25?/m1/s1. The molecule has 2 aliphatic heterocycles. The molecule has 2 aromatic carbocycles. The highest BCUT2D eigenvalue weighted by Crippen LogP contribution is 2.23. The molecule has 0 spiro atoms. The molecule has 0 bridgehead atoms. The Labute approximate surface area is 206 Å². The first kappa shape index (κ1) is 23.2. The number of carbonyl (C=O) groups excluding carboxylic acids is 1. The van der Waals surface area contributed by atoms with Crippen LogP contribution in [0.4, 0.5) is 0 Å². The van der Waals surface area contributed by atoms with E-state index in [0.29, 0.717) is 6.54 Å². The highest BCUT2D eigenvalue weighted by molar-refractivity contribution is 5.93. The van der Waals surface area contributed by atoms with Crippen LogP contribution >= 0.6 is 0 Å². The molecule has 0 radical (unpaired) electrons. The minimum atomic E-state index is -0.200. The molecule has 3 heterocycles. The number of hydrogen-bond acceptors (Lipinski definition) is 6. The summed E-state index contributed by atoms with van der Waals surface area (Å²) in [5.41, 5.74) is 6.97. The van der Waals surface area contributed by atoms with Crippen LogP contribution in [-0.4, -0.2) is 53.5 Å². The van der Waals surface area contributed by atoms with Gasteiger partial charge in [0.2, 0.25) is 5.91 Å². The van der Waals surface area contributed by atoms with Gasteiger partial charge in [-0.25, -0.2) is 0 Å². The smallest absolute Gasteiger partial charge is 0.237 e. The van der Waals surface area contributed by atoms with Gasteiger partial charge in [0.15, 0.2) is 0 Å². The van der Waals surface area contributed by atoms with Crippen LogP contribution in [0.1, 0.15) is 37.3 Å². The van der Waals surface area contributed by atoms with E-state index >= 15 is 0 Å². The van der Waals surface area contributed by atoms with E-state index in [0.717, 1.165) is 54.9 Å². The molecule has 35 heavy (non-hydrogen) atoms. The Morgan fingerprint density at radius 2 is 2.06 bits per heavy atom. The van der Waals surface area contributed by atoms with Gasteiger partial charge in [-0.1, -0.05) is 30.3 Å². The zero-order chi connectivity index (χ0) is 24.2. The fourth-order valence-corrected chi connectivity index (χ4v) is 5.04. The van der Waals surface area contributed by atoms with Gasteiger partial charge >= 0.3 is 0 Å². The van der Waals surface area contributed by atoms with Crippen LogP contribution in [0.25, 0.3) is 10.9 Å². The van der Waals surface area contributed by atoms with E-state index < -0.39 is 0 Å². The van der Waals surface area contributed by atoms with Crippen molar-refractivity contribution in [2.75, 3.05) is 13.7 Å². The second-order valence-electron chi connectivity index (χ2n) is 9.37. The number of amides is 1. The van der Waals surface area contributed by atoms with Crippen LogP contribution in [0.3, 0.4) is 0 Å². The second kappa shape index (κ2) is 10.4. The Morgan fingerprint density at radius 3 is 2.83 bits per heavy atom. The average molecular weight is 475 g/mol. The van der Waals surface area contributed by atoms with Crippen molar-refractivity contribution in [2.24, 2.45) is 5.10 Å². The Bertz CT molecular complexity index is 1180. The molecule has 4 N–H and O–H groups in total. The number of fused-ring (bicyclic) bond motifs is 1. The van der Waals surface area contributed by atoms with E-state index in [1.165, 1.54) is 10.9 Å². The van der Waals surface area contributed by atoms with Crippen LogP contribution in [-0.2, 0) is 17.8 Å². The van der Waals surface area contributed by atoms with Gasteiger partial charge in [-0.2, -0.15) is 5.10 Å². The predicted octanol–water partition coefficient (Wildman–Crippen LogP) is 3.11. The van der Waals surface area contributed by atoms with Crippen LogP contribution in [0.5, 0.6) is 5.75 Å². The quantitative estimate of drug-likeness (QED) is 0.382. The number of nitrogens with one attached hydrogen (secondary N) is 4. The zero-order valence-corrected chi connectivity index (χ0v) is 20.4. The number of carbonyl (C=O) groups is 1. The molecule has 1 amide bonds. The fourth-order valence-electron chi connectivity index (χ4n) is 5.04. The third-order valence-electron chi connectivity index (χ3n) is 7.00. The Kier molecular flexibility index (Phi) is 6.90. The average Bonchev–Trinajstić information content (AvgIpc) is 3.64. The number of methoxy groups -OCH3 is 1. The maximum atomic E-state index is 12.8. The molecule has 2 unspecified atom stereocenters. The third kappa shape index (κ3) is 5.12. The summed E-state index contributed by atoms with van der Waals surface area (Å²) in [6.07, 6.45) is 5.85. The number of aryl methyl sites for hydroxylation is 1. The number of H-pyrrole nitrogens is 1. The zero-order valence-electron chi connectivity index (χ0n) is 20.4. The fraction of sp³-hybridized carbons (Fsp3) is 0.407. The van der Waals surface area contributed by atoms with E-state index in [1.54, 1.807) is 7.11 Å². The molecule has 3 aromatic rings. The third-order valence-corrected chi connectivity index (χ3v) is 7.00. The number of ether oxygens (including phenoxy) is 1. The maximum absolute atomic E-state index is 12.8. The number of aromatic nitrogens is 1. The number of hydrogen-bond donors (Lipinski definition) is 4. The van der Waals surface area contributed by atoms with Crippen molar-refractivity contribution in [2.45, 2.75) is 57.4 Å². The largest absolute Gasteiger partial charge is 0.497 e. The summed E-state index contributed by atoms with van der Waals surface area (Å²) in [4.78, 5) is 18.4. The lowest BCUT2D eigenvalue weighted by Gasteiger charge is -2.30. The number of amidine groups is 1. The van der Waals surface area contributed by atoms with Gasteiger partial charge in [-0.15, -0.1) is 0 Å². The number of rotatable bonds is 9. The van der Waals surface area contributed by atoms with Gasteiger partial charge in [-0.05, 0) is 68.5 Å². The number of nitrogens with zero attached hydrogens (tertiary/aromatic N) is 2. The van der Waals surface area contributed by atoms with E-state index in [1.807, 2.05) is 19.1 Å². The molecular weight excluding hydrogens is 440 g/mol. The summed E-state index contributed by atoms with van der Waals surface area (Å²) in [5, 5.41) is 12.4. The lowest BCUT2D eigenvalue weighted by molar-refractivity contribution is -0.123. The minimum absolute atomic E-state index is 0.0321. The maximum Gasteiger partial charge on any atom is 0.237 e. The number of benzene rings is 2. The van der Waals surface area contributed by atoms with Gasteiger partial charge in [0.1, 0.15) is 17.8 Å². The molecule has 8 heteroatoms.